The maximum Gasteiger partial charge on any atom is 0.162 e. The van der Waals surface area contributed by atoms with E-state index in [1.165, 1.54) is 0 Å². The van der Waals surface area contributed by atoms with E-state index in [1.54, 1.807) is 32.3 Å². The predicted molar refractivity (Wildman–Crippen MR) is 95.1 cm³/mol. The quantitative estimate of drug-likeness (QED) is 0.563. The summed E-state index contributed by atoms with van der Waals surface area (Å²) in [4.78, 5) is 13.4. The van der Waals surface area contributed by atoms with E-state index in [0.29, 0.717) is 11.5 Å². The number of nitrogens with one attached hydrogen (secondary N) is 1. The van der Waals surface area contributed by atoms with Crippen LogP contribution in [0, 0.1) is 0 Å². The van der Waals surface area contributed by atoms with E-state index < -0.39 is 0 Å². The number of rotatable bonds is 4. The largest absolute Gasteiger partial charge is 0.493 e. The van der Waals surface area contributed by atoms with Crippen LogP contribution in [-0.2, 0) is 0 Å². The van der Waals surface area contributed by atoms with Gasteiger partial charge >= 0.3 is 0 Å². The minimum atomic E-state index is 0.682. The van der Waals surface area contributed by atoms with Gasteiger partial charge in [-0.2, -0.15) is 0 Å². The molecule has 0 aliphatic carbocycles. The topological polar surface area (TPSA) is 60.0 Å². The fourth-order valence-corrected chi connectivity index (χ4v) is 3.54. The molecule has 0 saturated carbocycles. The second kappa shape index (κ2) is 6.05. The van der Waals surface area contributed by atoms with Gasteiger partial charge in [0.15, 0.2) is 11.5 Å². The van der Waals surface area contributed by atoms with Gasteiger partial charge in [-0.05, 0) is 18.2 Å². The van der Waals surface area contributed by atoms with Crippen LogP contribution in [0.1, 0.15) is 0 Å². The lowest BCUT2D eigenvalue weighted by Crippen LogP contribution is -1.89. The Labute approximate surface area is 143 Å². The van der Waals surface area contributed by atoms with Gasteiger partial charge in [-0.3, -0.25) is 0 Å². The van der Waals surface area contributed by atoms with Crippen molar-refractivity contribution in [1.29, 1.82) is 0 Å². The van der Waals surface area contributed by atoms with Gasteiger partial charge in [0.05, 0.1) is 25.3 Å². The molecule has 1 N–H and O–H groups in total. The van der Waals surface area contributed by atoms with Crippen LogP contribution in [0.4, 0.5) is 0 Å². The third-order valence-electron chi connectivity index (χ3n) is 3.81. The number of fused-ring (bicyclic) bond motifs is 3. The zero-order chi connectivity index (χ0) is 16.5. The molecular weight excluding hydrogens is 322 g/mol. The Morgan fingerprint density at radius 1 is 0.958 bits per heavy atom. The number of hydrogen-bond acceptors (Lipinski definition) is 5. The van der Waals surface area contributed by atoms with Crippen molar-refractivity contribution in [3.05, 3.63) is 48.8 Å². The molecule has 5 nitrogen and oxygen atoms in total. The SMILES string of the molecule is COc1cc2[nH]c3c(Sc4ccccc4)ncnc3c2cc1OC. The van der Waals surface area contributed by atoms with Crippen molar-refractivity contribution in [2.75, 3.05) is 14.2 Å². The average molecular weight is 337 g/mol. The number of aromatic amines is 1. The number of aromatic nitrogens is 3. The van der Waals surface area contributed by atoms with Gasteiger partial charge in [-0.25, -0.2) is 9.97 Å². The molecule has 0 atom stereocenters. The van der Waals surface area contributed by atoms with Gasteiger partial charge < -0.3 is 14.5 Å². The number of benzene rings is 2. The van der Waals surface area contributed by atoms with Crippen LogP contribution in [-0.4, -0.2) is 29.2 Å². The summed E-state index contributed by atoms with van der Waals surface area (Å²) < 4.78 is 10.8. The van der Waals surface area contributed by atoms with Crippen molar-refractivity contribution < 1.29 is 9.47 Å². The first-order valence-corrected chi connectivity index (χ1v) is 8.23. The van der Waals surface area contributed by atoms with Crippen molar-refractivity contribution in [3.8, 4) is 11.5 Å². The Morgan fingerprint density at radius 3 is 2.46 bits per heavy atom. The van der Waals surface area contributed by atoms with Gasteiger partial charge in [0.2, 0.25) is 0 Å². The van der Waals surface area contributed by atoms with E-state index in [9.17, 15) is 0 Å². The minimum Gasteiger partial charge on any atom is -0.493 e. The highest BCUT2D eigenvalue weighted by atomic mass is 32.2. The molecule has 0 unspecified atom stereocenters. The lowest BCUT2D eigenvalue weighted by atomic mass is 10.2. The zero-order valence-corrected chi connectivity index (χ0v) is 14.1. The Kier molecular flexibility index (Phi) is 3.74. The molecule has 6 heteroatoms. The predicted octanol–water partition coefficient (Wildman–Crippen LogP) is 4.28. The second-order valence-electron chi connectivity index (χ2n) is 5.20. The van der Waals surface area contributed by atoms with E-state index in [4.69, 9.17) is 9.47 Å². The highest BCUT2D eigenvalue weighted by Crippen LogP contribution is 2.38. The third-order valence-corrected chi connectivity index (χ3v) is 4.82. The van der Waals surface area contributed by atoms with Gasteiger partial charge in [0, 0.05) is 16.3 Å². The molecule has 120 valence electrons. The number of ether oxygens (including phenoxy) is 2. The molecule has 0 saturated heterocycles. The van der Waals surface area contributed by atoms with Crippen molar-refractivity contribution >= 4 is 33.7 Å². The molecule has 2 heterocycles. The second-order valence-corrected chi connectivity index (χ2v) is 6.26. The number of hydrogen-bond donors (Lipinski definition) is 1. The Bertz CT molecular complexity index is 1020. The van der Waals surface area contributed by atoms with Gasteiger partial charge in [-0.15, -0.1) is 0 Å². The Hall–Kier alpha value is -2.73. The van der Waals surface area contributed by atoms with Crippen molar-refractivity contribution in [1.82, 2.24) is 15.0 Å². The molecule has 0 spiro atoms. The monoisotopic (exact) mass is 337 g/mol. The van der Waals surface area contributed by atoms with Gasteiger partial charge in [-0.1, -0.05) is 30.0 Å². The summed E-state index contributed by atoms with van der Waals surface area (Å²) >= 11 is 1.61. The first-order chi connectivity index (χ1) is 11.8. The van der Waals surface area contributed by atoms with E-state index in [0.717, 1.165) is 31.9 Å². The highest BCUT2D eigenvalue weighted by Gasteiger charge is 2.15. The normalized spacial score (nSPS) is 11.1. The van der Waals surface area contributed by atoms with Crippen molar-refractivity contribution in [2.45, 2.75) is 9.92 Å². The van der Waals surface area contributed by atoms with Crippen LogP contribution in [0.25, 0.3) is 21.9 Å². The molecule has 4 rings (SSSR count). The smallest absolute Gasteiger partial charge is 0.162 e. The summed E-state index contributed by atoms with van der Waals surface area (Å²) in [6, 6.07) is 14.0. The highest BCUT2D eigenvalue weighted by molar-refractivity contribution is 7.99. The van der Waals surface area contributed by atoms with E-state index in [2.05, 4.69) is 27.1 Å². The molecule has 0 aliphatic rings. The van der Waals surface area contributed by atoms with Crippen LogP contribution in [0.5, 0.6) is 11.5 Å². The number of nitrogens with zero attached hydrogens (tertiary/aromatic N) is 2. The fraction of sp³-hybridized carbons (Fsp3) is 0.111. The fourth-order valence-electron chi connectivity index (χ4n) is 2.68. The van der Waals surface area contributed by atoms with Crippen LogP contribution >= 0.6 is 11.8 Å². The molecule has 2 aromatic carbocycles. The summed E-state index contributed by atoms with van der Waals surface area (Å²) in [6.07, 6.45) is 1.59. The Balaban J connectivity index is 1.91. The van der Waals surface area contributed by atoms with E-state index >= 15 is 0 Å². The minimum absolute atomic E-state index is 0.682. The molecule has 0 radical (unpaired) electrons. The van der Waals surface area contributed by atoms with Crippen molar-refractivity contribution in [2.24, 2.45) is 0 Å². The summed E-state index contributed by atoms with van der Waals surface area (Å²) in [7, 11) is 3.26. The molecule has 4 aromatic rings. The molecule has 2 aromatic heterocycles. The summed E-state index contributed by atoms with van der Waals surface area (Å²) in [5.74, 6) is 1.36. The van der Waals surface area contributed by atoms with Crippen LogP contribution in [0.3, 0.4) is 0 Å². The molecule has 0 fully saturated rings. The van der Waals surface area contributed by atoms with Gasteiger partial charge in [0.1, 0.15) is 16.9 Å². The summed E-state index contributed by atoms with van der Waals surface area (Å²) in [5.41, 5.74) is 2.73. The van der Waals surface area contributed by atoms with E-state index in [-0.39, 0.29) is 0 Å². The molecule has 24 heavy (non-hydrogen) atoms. The van der Waals surface area contributed by atoms with Crippen molar-refractivity contribution in [3.63, 3.8) is 0 Å². The lowest BCUT2D eigenvalue weighted by Gasteiger charge is -2.06. The average Bonchev–Trinajstić information content (AvgIpc) is 3.00. The van der Waals surface area contributed by atoms with Crippen LogP contribution < -0.4 is 9.47 Å². The summed E-state index contributed by atoms with van der Waals surface area (Å²) in [6.45, 7) is 0. The standard InChI is InChI=1S/C18H15N3O2S/c1-22-14-8-12-13(9-15(14)23-2)21-17-16(12)19-10-20-18(17)24-11-6-4-3-5-7-11/h3-10,21H,1-2H3. The zero-order valence-electron chi connectivity index (χ0n) is 13.2. The number of methoxy groups -OCH3 is 2. The lowest BCUT2D eigenvalue weighted by molar-refractivity contribution is 0.356. The summed E-state index contributed by atoms with van der Waals surface area (Å²) in [5, 5.41) is 1.88. The maximum atomic E-state index is 5.40. The maximum absolute atomic E-state index is 5.40. The molecule has 0 aliphatic heterocycles. The van der Waals surface area contributed by atoms with E-state index in [1.807, 2.05) is 30.3 Å². The first-order valence-electron chi connectivity index (χ1n) is 7.41. The van der Waals surface area contributed by atoms with Crippen LogP contribution in [0.15, 0.2) is 58.7 Å². The molecule has 0 bridgehead atoms. The van der Waals surface area contributed by atoms with Gasteiger partial charge in [0.25, 0.3) is 0 Å². The third kappa shape index (κ3) is 2.45. The molecular formula is C18H15N3O2S. The molecule has 0 amide bonds. The first kappa shape index (κ1) is 14.8. The Morgan fingerprint density at radius 2 is 1.71 bits per heavy atom. The number of H-pyrrole nitrogens is 1. The van der Waals surface area contributed by atoms with Crippen LogP contribution in [0.2, 0.25) is 0 Å².